The van der Waals surface area contributed by atoms with Gasteiger partial charge in [0.05, 0.1) is 21.3 Å². The molecule has 6 nitrogen and oxygen atoms in total. The second kappa shape index (κ2) is 8.97. The minimum absolute atomic E-state index is 0.0105. The van der Waals surface area contributed by atoms with Gasteiger partial charge in [0.15, 0.2) is 10.7 Å². The smallest absolute Gasteiger partial charge is 0.267 e. The normalized spacial score (nSPS) is 12.1. The largest absolute Gasteiger partial charge is 0.384 e. The fourth-order valence-corrected chi connectivity index (χ4v) is 5.67. The van der Waals surface area contributed by atoms with Gasteiger partial charge in [0, 0.05) is 17.2 Å². The molecule has 4 aromatic rings. The number of sulfonamides is 1. The van der Waals surface area contributed by atoms with Crippen LogP contribution in [-0.4, -0.2) is 18.4 Å². The van der Waals surface area contributed by atoms with E-state index in [1.54, 1.807) is 12.1 Å². The van der Waals surface area contributed by atoms with E-state index in [2.05, 4.69) is 9.97 Å². The molecular formula is C24H21F3N4O2S2. The standard InChI is InChI=1S/C24H21F3N4O2S2/c1-24(2,3)23-30-20(21(34-23)13-10-11-29-18(28)12-13)14-6-4-9-17(19(14)27)31-35(32,33)22-15(25)7-5-8-16(22)26/h4-12,31H,1-3H3,(H2,28,29). The van der Waals surface area contributed by atoms with Crippen LogP contribution in [0.15, 0.2) is 59.6 Å². The van der Waals surface area contributed by atoms with Crippen LogP contribution in [0.2, 0.25) is 0 Å². The molecule has 2 aromatic carbocycles. The minimum atomic E-state index is -4.76. The van der Waals surface area contributed by atoms with Gasteiger partial charge in [-0.25, -0.2) is 31.6 Å². The van der Waals surface area contributed by atoms with Gasteiger partial charge >= 0.3 is 0 Å². The third-order valence-corrected chi connectivity index (χ3v) is 7.94. The highest BCUT2D eigenvalue weighted by atomic mass is 32.2. The molecule has 2 aromatic heterocycles. The van der Waals surface area contributed by atoms with Crippen molar-refractivity contribution in [2.75, 3.05) is 10.5 Å². The lowest BCUT2D eigenvalue weighted by Crippen LogP contribution is -2.17. The molecule has 0 aliphatic heterocycles. The van der Waals surface area contributed by atoms with Crippen molar-refractivity contribution < 1.29 is 21.6 Å². The summed E-state index contributed by atoms with van der Waals surface area (Å²) in [5.74, 6) is -3.25. The van der Waals surface area contributed by atoms with Crippen LogP contribution in [0.3, 0.4) is 0 Å². The van der Waals surface area contributed by atoms with Crippen LogP contribution in [0.1, 0.15) is 25.8 Å². The van der Waals surface area contributed by atoms with E-state index >= 15 is 4.39 Å². The monoisotopic (exact) mass is 518 g/mol. The first-order chi connectivity index (χ1) is 16.4. The third-order valence-electron chi connectivity index (χ3n) is 5.00. The SMILES string of the molecule is CC(C)(C)c1nc(-c2cccc(NS(=O)(=O)c3c(F)cccc3F)c2F)c(-c2ccnc(N)c2)s1. The number of nitrogens with zero attached hydrogens (tertiary/aromatic N) is 2. The number of benzene rings is 2. The van der Waals surface area contributed by atoms with Gasteiger partial charge in [-0.05, 0) is 42.0 Å². The molecular weight excluding hydrogens is 497 g/mol. The Kier molecular flexibility index (Phi) is 6.32. The van der Waals surface area contributed by atoms with E-state index < -0.39 is 38.1 Å². The number of thiazole rings is 1. The fourth-order valence-electron chi connectivity index (χ4n) is 3.34. The molecule has 2 heterocycles. The predicted molar refractivity (Wildman–Crippen MR) is 131 cm³/mol. The molecule has 0 aliphatic carbocycles. The summed E-state index contributed by atoms with van der Waals surface area (Å²) in [4.78, 5) is 8.07. The van der Waals surface area contributed by atoms with Crippen LogP contribution in [0.25, 0.3) is 21.7 Å². The first-order valence-electron chi connectivity index (χ1n) is 10.4. The van der Waals surface area contributed by atoms with E-state index in [1.807, 2.05) is 25.5 Å². The highest BCUT2D eigenvalue weighted by molar-refractivity contribution is 7.92. The quantitative estimate of drug-likeness (QED) is 0.339. The zero-order valence-electron chi connectivity index (χ0n) is 18.9. The van der Waals surface area contributed by atoms with Gasteiger partial charge in [-0.1, -0.05) is 32.9 Å². The second-order valence-electron chi connectivity index (χ2n) is 8.74. The molecule has 0 bridgehead atoms. The molecule has 0 radical (unpaired) electrons. The van der Waals surface area contributed by atoms with Crippen LogP contribution in [0.5, 0.6) is 0 Å². The zero-order valence-corrected chi connectivity index (χ0v) is 20.6. The number of aromatic nitrogens is 2. The number of nitrogens with one attached hydrogen (secondary N) is 1. The second-order valence-corrected chi connectivity index (χ2v) is 11.4. The maximum absolute atomic E-state index is 15.7. The van der Waals surface area contributed by atoms with Gasteiger partial charge in [-0.3, -0.25) is 4.72 Å². The van der Waals surface area contributed by atoms with Crippen molar-refractivity contribution in [3.05, 3.63) is 77.2 Å². The molecule has 4 rings (SSSR count). The van der Waals surface area contributed by atoms with E-state index in [-0.39, 0.29) is 22.5 Å². The number of nitrogens with two attached hydrogens (primary N) is 1. The van der Waals surface area contributed by atoms with Crippen molar-refractivity contribution in [3.8, 4) is 21.7 Å². The number of pyridine rings is 1. The summed E-state index contributed by atoms with van der Waals surface area (Å²) in [7, 11) is -4.76. The van der Waals surface area contributed by atoms with Crippen molar-refractivity contribution in [3.63, 3.8) is 0 Å². The first kappa shape index (κ1) is 24.7. The maximum atomic E-state index is 15.7. The van der Waals surface area contributed by atoms with Crippen molar-refractivity contribution in [2.24, 2.45) is 0 Å². The first-order valence-corrected chi connectivity index (χ1v) is 12.7. The Balaban J connectivity index is 1.85. The Morgan fingerprint density at radius 3 is 2.29 bits per heavy atom. The summed E-state index contributed by atoms with van der Waals surface area (Å²) in [6.07, 6.45) is 1.52. The van der Waals surface area contributed by atoms with Crippen LogP contribution in [0, 0.1) is 17.5 Å². The van der Waals surface area contributed by atoms with E-state index in [1.165, 1.54) is 29.7 Å². The van der Waals surface area contributed by atoms with Gasteiger partial charge in [-0.2, -0.15) is 0 Å². The highest BCUT2D eigenvalue weighted by Gasteiger charge is 2.28. The van der Waals surface area contributed by atoms with E-state index in [0.717, 1.165) is 29.3 Å². The molecule has 0 unspecified atom stereocenters. The average Bonchev–Trinajstić information content (AvgIpc) is 3.21. The molecule has 182 valence electrons. The van der Waals surface area contributed by atoms with Crippen molar-refractivity contribution in [1.29, 1.82) is 0 Å². The molecule has 3 N–H and O–H groups in total. The molecule has 0 atom stereocenters. The highest BCUT2D eigenvalue weighted by Crippen LogP contribution is 2.42. The summed E-state index contributed by atoms with van der Waals surface area (Å²) < 4.78 is 71.3. The lowest BCUT2D eigenvalue weighted by Gasteiger charge is -2.14. The number of hydrogen-bond donors (Lipinski definition) is 2. The number of rotatable bonds is 5. The Bertz CT molecular complexity index is 1510. The molecule has 0 saturated heterocycles. The van der Waals surface area contributed by atoms with Crippen LogP contribution in [-0.2, 0) is 15.4 Å². The summed E-state index contributed by atoms with van der Waals surface area (Å²) >= 11 is 1.35. The number of nitrogen functional groups attached to an aromatic ring is 1. The van der Waals surface area contributed by atoms with E-state index in [9.17, 15) is 17.2 Å². The lowest BCUT2D eigenvalue weighted by molar-refractivity contribution is 0.521. The van der Waals surface area contributed by atoms with E-state index in [4.69, 9.17) is 5.73 Å². The summed E-state index contributed by atoms with van der Waals surface area (Å²) in [5, 5.41) is 0.719. The Hall–Kier alpha value is -3.44. The molecule has 0 amide bonds. The van der Waals surface area contributed by atoms with Gasteiger partial charge in [0.1, 0.15) is 17.5 Å². The molecule has 0 fully saturated rings. The van der Waals surface area contributed by atoms with Gasteiger partial charge < -0.3 is 5.73 Å². The fraction of sp³-hybridized carbons (Fsp3) is 0.167. The lowest BCUT2D eigenvalue weighted by atomic mass is 9.98. The van der Waals surface area contributed by atoms with Crippen LogP contribution >= 0.6 is 11.3 Å². The number of halogens is 3. The topological polar surface area (TPSA) is 98.0 Å². The number of anilines is 2. The molecule has 0 saturated carbocycles. The molecule has 0 aliphatic rings. The molecule has 11 heteroatoms. The predicted octanol–water partition coefficient (Wildman–Crippen LogP) is 5.97. The van der Waals surface area contributed by atoms with Gasteiger partial charge in [0.25, 0.3) is 10.0 Å². The Morgan fingerprint density at radius 1 is 1.00 bits per heavy atom. The van der Waals surface area contributed by atoms with E-state index in [0.29, 0.717) is 10.4 Å². The Labute approximate surface area is 204 Å². The summed E-state index contributed by atoms with van der Waals surface area (Å²) in [6, 6.07) is 10.0. The summed E-state index contributed by atoms with van der Waals surface area (Å²) in [5.41, 5.74) is 5.97. The van der Waals surface area contributed by atoms with Crippen molar-refractivity contribution >= 4 is 32.9 Å². The Morgan fingerprint density at radius 2 is 1.66 bits per heavy atom. The third kappa shape index (κ3) is 4.87. The molecule has 35 heavy (non-hydrogen) atoms. The van der Waals surface area contributed by atoms with Crippen molar-refractivity contribution in [1.82, 2.24) is 9.97 Å². The minimum Gasteiger partial charge on any atom is -0.384 e. The van der Waals surface area contributed by atoms with Gasteiger partial charge in [0.2, 0.25) is 0 Å². The molecule has 0 spiro atoms. The maximum Gasteiger partial charge on any atom is 0.267 e. The van der Waals surface area contributed by atoms with Crippen molar-refractivity contribution in [2.45, 2.75) is 31.1 Å². The average molecular weight is 519 g/mol. The zero-order chi connectivity index (χ0) is 25.5. The van der Waals surface area contributed by atoms with Gasteiger partial charge in [-0.15, -0.1) is 11.3 Å². The van der Waals surface area contributed by atoms with Crippen LogP contribution < -0.4 is 10.5 Å². The number of hydrogen-bond acceptors (Lipinski definition) is 6. The van der Waals surface area contributed by atoms with Crippen LogP contribution in [0.4, 0.5) is 24.7 Å². The summed E-state index contributed by atoms with van der Waals surface area (Å²) in [6.45, 7) is 5.89.